The van der Waals surface area contributed by atoms with Gasteiger partial charge in [0.15, 0.2) is 0 Å². The Bertz CT molecular complexity index is 648. The number of benzene rings is 1. The molecule has 1 heterocycles. The van der Waals surface area contributed by atoms with Crippen LogP contribution in [0.25, 0.3) is 11.4 Å². The van der Waals surface area contributed by atoms with E-state index in [1.54, 1.807) is 11.9 Å². The summed E-state index contributed by atoms with van der Waals surface area (Å²) in [6, 6.07) is 9.70. The first kappa shape index (κ1) is 16.7. The molecule has 128 valence electrons. The fraction of sp³-hybridized carbons (Fsp3) is 0.526. The molecule has 0 atom stereocenters. The minimum absolute atomic E-state index is 0.153. The Morgan fingerprint density at radius 2 is 1.96 bits per heavy atom. The van der Waals surface area contributed by atoms with E-state index in [0.717, 1.165) is 17.9 Å². The van der Waals surface area contributed by atoms with Crippen LogP contribution >= 0.6 is 0 Å². The van der Waals surface area contributed by atoms with Crippen molar-refractivity contribution in [2.45, 2.75) is 51.5 Å². The van der Waals surface area contributed by atoms with Crippen LogP contribution in [0.15, 0.2) is 34.9 Å². The summed E-state index contributed by atoms with van der Waals surface area (Å²) in [5, 5.41) is 3.99. The van der Waals surface area contributed by atoms with Gasteiger partial charge in [-0.1, -0.05) is 67.6 Å². The molecule has 3 rings (SSSR count). The molecule has 0 bridgehead atoms. The average Bonchev–Trinajstić information content (AvgIpc) is 3.10. The van der Waals surface area contributed by atoms with Crippen LogP contribution in [0.2, 0.25) is 0 Å². The van der Waals surface area contributed by atoms with E-state index in [2.05, 4.69) is 10.1 Å². The van der Waals surface area contributed by atoms with Crippen LogP contribution in [-0.2, 0) is 11.3 Å². The Kier molecular flexibility index (Phi) is 5.62. The maximum Gasteiger partial charge on any atom is 0.246 e. The van der Waals surface area contributed by atoms with E-state index in [9.17, 15) is 4.79 Å². The minimum Gasteiger partial charge on any atom is -0.337 e. The molecule has 0 unspecified atom stereocenters. The van der Waals surface area contributed by atoms with Crippen molar-refractivity contribution in [3.05, 3.63) is 36.2 Å². The minimum atomic E-state index is 0.153. The molecular formula is C19H25N3O2. The molecule has 1 aromatic carbocycles. The lowest BCUT2D eigenvalue weighted by molar-refractivity contribution is -0.131. The Labute approximate surface area is 143 Å². The monoisotopic (exact) mass is 327 g/mol. The Balaban J connectivity index is 1.50. The van der Waals surface area contributed by atoms with E-state index in [0.29, 0.717) is 24.7 Å². The Morgan fingerprint density at radius 3 is 2.71 bits per heavy atom. The second-order valence-corrected chi connectivity index (χ2v) is 6.67. The summed E-state index contributed by atoms with van der Waals surface area (Å²) in [4.78, 5) is 18.4. The smallest absolute Gasteiger partial charge is 0.246 e. The van der Waals surface area contributed by atoms with Crippen LogP contribution < -0.4 is 0 Å². The zero-order valence-corrected chi connectivity index (χ0v) is 14.3. The predicted octanol–water partition coefficient (Wildman–Crippen LogP) is 4.06. The normalized spacial score (nSPS) is 15.4. The van der Waals surface area contributed by atoms with Gasteiger partial charge in [-0.2, -0.15) is 4.98 Å². The summed E-state index contributed by atoms with van der Waals surface area (Å²) in [6.07, 6.45) is 8.16. The molecule has 1 saturated carbocycles. The number of hydrogen-bond acceptors (Lipinski definition) is 4. The van der Waals surface area contributed by atoms with Crippen LogP contribution in [0.3, 0.4) is 0 Å². The molecule has 1 aliphatic carbocycles. The zero-order valence-electron chi connectivity index (χ0n) is 14.3. The molecule has 1 amide bonds. The SMILES string of the molecule is CN(Cc1nc(-c2ccccc2)no1)C(=O)CCC1CCCCC1. The summed E-state index contributed by atoms with van der Waals surface area (Å²) in [7, 11) is 1.80. The van der Waals surface area contributed by atoms with Gasteiger partial charge in [-0.3, -0.25) is 4.79 Å². The quantitative estimate of drug-likeness (QED) is 0.803. The highest BCUT2D eigenvalue weighted by molar-refractivity contribution is 5.75. The standard InChI is InChI=1S/C19H25N3O2/c1-22(18(23)13-12-15-8-4-2-5-9-15)14-17-20-19(21-24-17)16-10-6-3-7-11-16/h3,6-7,10-11,15H,2,4-5,8-9,12-14H2,1H3. The second-order valence-electron chi connectivity index (χ2n) is 6.67. The maximum absolute atomic E-state index is 12.3. The molecule has 1 aromatic heterocycles. The first-order chi connectivity index (χ1) is 11.7. The van der Waals surface area contributed by atoms with Gasteiger partial charge < -0.3 is 9.42 Å². The highest BCUT2D eigenvalue weighted by atomic mass is 16.5. The number of aromatic nitrogens is 2. The molecule has 1 aliphatic rings. The number of nitrogens with zero attached hydrogens (tertiary/aromatic N) is 3. The fourth-order valence-electron chi connectivity index (χ4n) is 3.31. The summed E-state index contributed by atoms with van der Waals surface area (Å²) < 4.78 is 5.28. The number of carbonyl (C=O) groups excluding carboxylic acids is 1. The van der Waals surface area contributed by atoms with Crippen LogP contribution in [0.4, 0.5) is 0 Å². The van der Waals surface area contributed by atoms with Crippen LogP contribution in [0, 0.1) is 5.92 Å². The second kappa shape index (κ2) is 8.08. The maximum atomic E-state index is 12.3. The van der Waals surface area contributed by atoms with Crippen molar-refractivity contribution < 1.29 is 9.32 Å². The van der Waals surface area contributed by atoms with Gasteiger partial charge in [0.2, 0.25) is 17.6 Å². The number of amides is 1. The van der Waals surface area contributed by atoms with E-state index >= 15 is 0 Å². The Morgan fingerprint density at radius 1 is 1.21 bits per heavy atom. The zero-order chi connectivity index (χ0) is 16.8. The van der Waals surface area contributed by atoms with E-state index < -0.39 is 0 Å². The van der Waals surface area contributed by atoms with Gasteiger partial charge in [-0.25, -0.2) is 0 Å². The molecule has 0 saturated heterocycles. The van der Waals surface area contributed by atoms with Crippen molar-refractivity contribution in [3.8, 4) is 11.4 Å². The van der Waals surface area contributed by atoms with E-state index in [4.69, 9.17) is 4.52 Å². The van der Waals surface area contributed by atoms with Crippen molar-refractivity contribution in [3.63, 3.8) is 0 Å². The average molecular weight is 327 g/mol. The van der Waals surface area contributed by atoms with Crippen molar-refractivity contribution in [2.24, 2.45) is 5.92 Å². The molecule has 5 nitrogen and oxygen atoms in total. The molecule has 24 heavy (non-hydrogen) atoms. The first-order valence-corrected chi connectivity index (χ1v) is 8.84. The molecular weight excluding hydrogens is 302 g/mol. The van der Waals surface area contributed by atoms with Crippen molar-refractivity contribution >= 4 is 5.91 Å². The lowest BCUT2D eigenvalue weighted by Gasteiger charge is -2.22. The van der Waals surface area contributed by atoms with Gasteiger partial charge >= 0.3 is 0 Å². The largest absolute Gasteiger partial charge is 0.337 e. The van der Waals surface area contributed by atoms with Crippen molar-refractivity contribution in [1.82, 2.24) is 15.0 Å². The van der Waals surface area contributed by atoms with Gasteiger partial charge in [-0.15, -0.1) is 0 Å². The summed E-state index contributed by atoms with van der Waals surface area (Å²) in [6.45, 7) is 0.364. The van der Waals surface area contributed by atoms with Gasteiger partial charge in [0.25, 0.3) is 0 Å². The summed E-state index contributed by atoms with van der Waals surface area (Å²) in [5.41, 5.74) is 0.916. The van der Waals surface area contributed by atoms with Crippen molar-refractivity contribution in [2.75, 3.05) is 7.05 Å². The number of hydrogen-bond donors (Lipinski definition) is 0. The van der Waals surface area contributed by atoms with Crippen LogP contribution in [0.5, 0.6) is 0 Å². The molecule has 1 fully saturated rings. The molecule has 0 aliphatic heterocycles. The van der Waals surface area contributed by atoms with E-state index in [-0.39, 0.29) is 5.91 Å². The fourth-order valence-corrected chi connectivity index (χ4v) is 3.31. The van der Waals surface area contributed by atoms with E-state index in [1.165, 1.54) is 32.1 Å². The molecule has 0 spiro atoms. The number of rotatable bonds is 6. The summed E-state index contributed by atoms with van der Waals surface area (Å²) >= 11 is 0. The highest BCUT2D eigenvalue weighted by Crippen LogP contribution is 2.27. The van der Waals surface area contributed by atoms with Crippen molar-refractivity contribution in [1.29, 1.82) is 0 Å². The lowest BCUT2D eigenvalue weighted by Crippen LogP contribution is -2.26. The van der Waals surface area contributed by atoms with Crippen LogP contribution in [0.1, 0.15) is 50.8 Å². The topological polar surface area (TPSA) is 59.2 Å². The summed E-state index contributed by atoms with van der Waals surface area (Å²) in [5.74, 6) is 1.92. The van der Waals surface area contributed by atoms with Gasteiger partial charge in [0.1, 0.15) is 0 Å². The highest BCUT2D eigenvalue weighted by Gasteiger charge is 2.18. The lowest BCUT2D eigenvalue weighted by atomic mass is 9.86. The van der Waals surface area contributed by atoms with E-state index in [1.807, 2.05) is 30.3 Å². The van der Waals surface area contributed by atoms with Crippen LogP contribution in [-0.4, -0.2) is 28.0 Å². The van der Waals surface area contributed by atoms with Gasteiger partial charge in [0, 0.05) is 19.0 Å². The van der Waals surface area contributed by atoms with Gasteiger partial charge in [-0.05, 0) is 12.3 Å². The van der Waals surface area contributed by atoms with Gasteiger partial charge in [0.05, 0.1) is 6.54 Å². The first-order valence-electron chi connectivity index (χ1n) is 8.84. The molecule has 5 heteroatoms. The molecule has 0 N–H and O–H groups in total. The predicted molar refractivity (Wildman–Crippen MR) is 92.0 cm³/mol. The third kappa shape index (κ3) is 4.43. The third-order valence-corrected chi connectivity index (χ3v) is 4.79. The number of carbonyl (C=O) groups is 1. The third-order valence-electron chi connectivity index (χ3n) is 4.79. The Hall–Kier alpha value is -2.17. The molecule has 2 aromatic rings. The molecule has 0 radical (unpaired) electrons.